The van der Waals surface area contributed by atoms with E-state index in [1.54, 1.807) is 25.1 Å². The molecule has 0 heterocycles. The van der Waals surface area contributed by atoms with Crippen molar-refractivity contribution in [3.8, 4) is 5.75 Å². The monoisotopic (exact) mass is 299 g/mol. The minimum absolute atomic E-state index is 0.107. The number of rotatable bonds is 7. The molecule has 6 heteroatoms. The fourth-order valence-electron chi connectivity index (χ4n) is 1.52. The van der Waals surface area contributed by atoms with Crippen LogP contribution in [-0.4, -0.2) is 30.1 Å². The van der Waals surface area contributed by atoms with E-state index in [1.807, 2.05) is 6.92 Å². The number of aryl methyl sites for hydroxylation is 1. The molecule has 0 aliphatic heterocycles. The molecule has 0 saturated heterocycles. The molecule has 20 heavy (non-hydrogen) atoms. The van der Waals surface area contributed by atoms with Gasteiger partial charge in [-0.25, -0.2) is 0 Å². The van der Waals surface area contributed by atoms with Crippen LogP contribution in [0.3, 0.4) is 0 Å². The van der Waals surface area contributed by atoms with Crippen molar-refractivity contribution in [2.24, 2.45) is 5.92 Å². The number of hydrogen-bond donors (Lipinski definition) is 2. The number of nitrogens with one attached hydrogen (secondary N) is 1. The first-order valence-corrected chi connectivity index (χ1v) is 6.66. The highest BCUT2D eigenvalue weighted by molar-refractivity contribution is 6.30. The lowest BCUT2D eigenvalue weighted by Gasteiger charge is -2.10. The van der Waals surface area contributed by atoms with Crippen LogP contribution < -0.4 is 10.1 Å². The zero-order chi connectivity index (χ0) is 15.1. The van der Waals surface area contributed by atoms with Gasteiger partial charge in [0.15, 0.2) is 6.61 Å². The number of carbonyl (C=O) groups excluding carboxylic acids is 1. The standard InChI is InChI=1S/C14H18ClNO4/c1-9(14(18)19)5-6-16-13(17)8-20-12-4-3-11(15)7-10(12)2/h3-4,7,9H,5-6,8H2,1-2H3,(H,16,17)(H,18,19). The van der Waals surface area contributed by atoms with E-state index >= 15 is 0 Å². The van der Waals surface area contributed by atoms with Crippen LogP contribution in [0.25, 0.3) is 0 Å². The molecule has 1 amide bonds. The lowest BCUT2D eigenvalue weighted by Crippen LogP contribution is -2.31. The highest BCUT2D eigenvalue weighted by Crippen LogP contribution is 2.21. The smallest absolute Gasteiger partial charge is 0.306 e. The van der Waals surface area contributed by atoms with Gasteiger partial charge < -0.3 is 15.2 Å². The number of ether oxygens (including phenoxy) is 1. The average Bonchev–Trinajstić information content (AvgIpc) is 2.37. The lowest BCUT2D eigenvalue weighted by molar-refractivity contribution is -0.141. The molecule has 0 aromatic heterocycles. The van der Waals surface area contributed by atoms with Crippen molar-refractivity contribution < 1.29 is 19.4 Å². The molecule has 2 N–H and O–H groups in total. The summed E-state index contributed by atoms with van der Waals surface area (Å²) >= 11 is 5.82. The predicted molar refractivity (Wildman–Crippen MR) is 76.1 cm³/mol. The Morgan fingerprint density at radius 3 is 2.75 bits per heavy atom. The molecule has 1 aromatic rings. The molecule has 5 nitrogen and oxygen atoms in total. The largest absolute Gasteiger partial charge is 0.484 e. The van der Waals surface area contributed by atoms with Crippen LogP contribution in [0.15, 0.2) is 18.2 Å². The second-order valence-corrected chi connectivity index (χ2v) is 5.01. The molecule has 0 bridgehead atoms. The van der Waals surface area contributed by atoms with E-state index < -0.39 is 11.9 Å². The van der Waals surface area contributed by atoms with Crippen molar-refractivity contribution in [3.05, 3.63) is 28.8 Å². The first-order valence-electron chi connectivity index (χ1n) is 6.28. The number of carbonyl (C=O) groups is 2. The highest BCUT2D eigenvalue weighted by atomic mass is 35.5. The number of halogens is 1. The van der Waals surface area contributed by atoms with Gasteiger partial charge in [-0.2, -0.15) is 0 Å². The minimum atomic E-state index is -0.868. The van der Waals surface area contributed by atoms with Crippen molar-refractivity contribution in [1.29, 1.82) is 0 Å². The number of aliphatic carboxylic acids is 1. The third-order valence-electron chi connectivity index (χ3n) is 2.82. The number of amides is 1. The molecular weight excluding hydrogens is 282 g/mol. The van der Waals surface area contributed by atoms with Crippen molar-refractivity contribution in [3.63, 3.8) is 0 Å². The van der Waals surface area contributed by atoms with Gasteiger partial charge in [-0.15, -0.1) is 0 Å². The molecule has 1 atom stereocenters. The Balaban J connectivity index is 2.31. The van der Waals surface area contributed by atoms with Gasteiger partial charge in [0.25, 0.3) is 5.91 Å². The Labute approximate surface area is 122 Å². The van der Waals surface area contributed by atoms with Crippen LogP contribution in [0.4, 0.5) is 0 Å². The minimum Gasteiger partial charge on any atom is -0.484 e. The molecule has 1 unspecified atom stereocenters. The zero-order valence-corrected chi connectivity index (χ0v) is 12.2. The Morgan fingerprint density at radius 1 is 1.45 bits per heavy atom. The van der Waals surface area contributed by atoms with Crippen molar-refractivity contribution >= 4 is 23.5 Å². The molecule has 0 spiro atoms. The van der Waals surface area contributed by atoms with E-state index in [4.69, 9.17) is 21.4 Å². The number of carboxylic acids is 1. The van der Waals surface area contributed by atoms with Gasteiger partial charge in [0.2, 0.25) is 0 Å². The molecule has 0 fully saturated rings. The summed E-state index contributed by atoms with van der Waals surface area (Å²) in [6, 6.07) is 5.15. The fourth-order valence-corrected chi connectivity index (χ4v) is 1.75. The van der Waals surface area contributed by atoms with Crippen LogP contribution in [0, 0.1) is 12.8 Å². The summed E-state index contributed by atoms with van der Waals surface area (Å²) in [5.74, 6) is -1.03. The van der Waals surface area contributed by atoms with Gasteiger partial charge in [0, 0.05) is 11.6 Å². The van der Waals surface area contributed by atoms with Crippen LogP contribution in [0.2, 0.25) is 5.02 Å². The normalized spacial score (nSPS) is 11.8. The fraction of sp³-hybridized carbons (Fsp3) is 0.429. The Kier molecular flexibility index (Phi) is 6.31. The molecule has 1 rings (SSSR count). The first-order chi connectivity index (χ1) is 9.40. The summed E-state index contributed by atoms with van der Waals surface area (Å²) in [5, 5.41) is 11.9. The maximum atomic E-state index is 11.5. The Morgan fingerprint density at radius 2 is 2.15 bits per heavy atom. The summed E-state index contributed by atoms with van der Waals surface area (Å²) in [6.07, 6.45) is 0.390. The second-order valence-electron chi connectivity index (χ2n) is 4.58. The summed E-state index contributed by atoms with van der Waals surface area (Å²) in [4.78, 5) is 22.1. The zero-order valence-electron chi connectivity index (χ0n) is 11.5. The van der Waals surface area contributed by atoms with Gasteiger partial charge in [0.1, 0.15) is 5.75 Å². The van der Waals surface area contributed by atoms with E-state index in [0.717, 1.165) is 5.56 Å². The molecule has 0 aliphatic carbocycles. The molecule has 0 saturated carbocycles. The quantitative estimate of drug-likeness (QED) is 0.810. The van der Waals surface area contributed by atoms with E-state index in [2.05, 4.69) is 5.32 Å². The summed E-state index contributed by atoms with van der Waals surface area (Å²) in [6.45, 7) is 3.65. The van der Waals surface area contributed by atoms with Gasteiger partial charge in [-0.1, -0.05) is 18.5 Å². The Hall–Kier alpha value is -1.75. The van der Waals surface area contributed by atoms with Crippen LogP contribution in [0.5, 0.6) is 5.75 Å². The summed E-state index contributed by atoms with van der Waals surface area (Å²) < 4.78 is 5.37. The van der Waals surface area contributed by atoms with Crippen LogP contribution >= 0.6 is 11.6 Å². The van der Waals surface area contributed by atoms with E-state index in [1.165, 1.54) is 0 Å². The topological polar surface area (TPSA) is 75.6 Å². The van der Waals surface area contributed by atoms with E-state index in [-0.39, 0.29) is 12.5 Å². The number of carboxylic acid groups (broad SMARTS) is 1. The average molecular weight is 300 g/mol. The molecule has 0 radical (unpaired) electrons. The molecule has 110 valence electrons. The van der Waals surface area contributed by atoms with Crippen LogP contribution in [-0.2, 0) is 9.59 Å². The Bertz CT molecular complexity index is 490. The lowest BCUT2D eigenvalue weighted by atomic mass is 10.1. The molecular formula is C14H18ClNO4. The summed E-state index contributed by atoms with van der Waals surface area (Å²) in [5.41, 5.74) is 0.852. The number of hydrogen-bond acceptors (Lipinski definition) is 3. The third kappa shape index (κ3) is 5.48. The van der Waals surface area contributed by atoms with E-state index in [9.17, 15) is 9.59 Å². The van der Waals surface area contributed by atoms with Gasteiger partial charge in [-0.3, -0.25) is 9.59 Å². The molecule has 1 aromatic carbocycles. The second kappa shape index (κ2) is 7.75. The first kappa shape index (κ1) is 16.3. The van der Waals surface area contributed by atoms with Crippen LogP contribution in [0.1, 0.15) is 18.9 Å². The molecule has 0 aliphatic rings. The van der Waals surface area contributed by atoms with Crippen molar-refractivity contribution in [1.82, 2.24) is 5.32 Å². The van der Waals surface area contributed by atoms with Gasteiger partial charge in [0.05, 0.1) is 5.92 Å². The van der Waals surface area contributed by atoms with Gasteiger partial charge in [-0.05, 0) is 37.1 Å². The van der Waals surface area contributed by atoms with Crippen molar-refractivity contribution in [2.45, 2.75) is 20.3 Å². The predicted octanol–water partition coefficient (Wildman–Crippen LogP) is 2.25. The third-order valence-corrected chi connectivity index (χ3v) is 3.05. The maximum absolute atomic E-state index is 11.5. The van der Waals surface area contributed by atoms with E-state index in [0.29, 0.717) is 23.7 Å². The van der Waals surface area contributed by atoms with Crippen molar-refractivity contribution in [2.75, 3.05) is 13.2 Å². The highest BCUT2D eigenvalue weighted by Gasteiger charge is 2.11. The maximum Gasteiger partial charge on any atom is 0.306 e. The number of benzene rings is 1. The van der Waals surface area contributed by atoms with Gasteiger partial charge >= 0.3 is 5.97 Å². The SMILES string of the molecule is Cc1cc(Cl)ccc1OCC(=O)NCCC(C)C(=O)O. The summed E-state index contributed by atoms with van der Waals surface area (Å²) in [7, 11) is 0.